The number of nitro groups is 2. The van der Waals surface area contributed by atoms with Gasteiger partial charge in [0.15, 0.2) is 0 Å². The number of hydrogen-bond donors (Lipinski definition) is 2. The second kappa shape index (κ2) is 6.22. The zero-order valence-electron chi connectivity index (χ0n) is 11.8. The molecule has 0 aliphatic heterocycles. The molecule has 2 N–H and O–H groups in total. The molecule has 1 amide bonds. The van der Waals surface area contributed by atoms with Crippen molar-refractivity contribution in [2.45, 2.75) is 12.8 Å². The van der Waals surface area contributed by atoms with Crippen molar-refractivity contribution < 1.29 is 19.7 Å². The molecule has 0 radical (unpaired) electrons. The first-order valence-electron chi connectivity index (χ1n) is 6.45. The predicted octanol–water partition coefficient (Wildman–Crippen LogP) is 1.62. The number of nitro benzene ring substituents is 2. The van der Waals surface area contributed by atoms with Gasteiger partial charge in [-0.15, -0.1) is 0 Å². The number of allylic oxidation sites excluding steroid dienone is 1. The van der Waals surface area contributed by atoms with Gasteiger partial charge in [0, 0.05) is 12.0 Å². The van der Waals surface area contributed by atoms with Crippen LogP contribution in [0.4, 0.5) is 11.4 Å². The van der Waals surface area contributed by atoms with Crippen LogP contribution in [-0.2, 0) is 4.79 Å². The summed E-state index contributed by atoms with van der Waals surface area (Å²) in [6.07, 6.45) is 2.05. The lowest BCUT2D eigenvalue weighted by Gasteiger charge is -2.25. The Balaban J connectivity index is 2.19. The third-order valence-corrected chi connectivity index (χ3v) is 3.33. The third kappa shape index (κ3) is 3.48. The van der Waals surface area contributed by atoms with Crippen molar-refractivity contribution >= 4 is 23.5 Å². The van der Waals surface area contributed by atoms with Crippen molar-refractivity contribution in [3.8, 4) is 5.75 Å². The Morgan fingerprint density at radius 3 is 2.52 bits per heavy atom. The molecule has 120 valence electrons. The molecule has 10 heteroatoms. The maximum Gasteiger partial charge on any atom is 0.318 e. The van der Waals surface area contributed by atoms with Gasteiger partial charge in [0.25, 0.3) is 5.69 Å². The summed E-state index contributed by atoms with van der Waals surface area (Å²) in [5.74, 6) is -1.35. The normalized spacial score (nSPS) is 14.5. The van der Waals surface area contributed by atoms with Crippen LogP contribution in [0.1, 0.15) is 18.4 Å². The summed E-state index contributed by atoms with van der Waals surface area (Å²) in [6.45, 7) is 3.71. The highest BCUT2D eigenvalue weighted by Crippen LogP contribution is 2.33. The van der Waals surface area contributed by atoms with E-state index < -0.39 is 27.0 Å². The maximum atomic E-state index is 11.7. The van der Waals surface area contributed by atoms with Crippen molar-refractivity contribution in [2.24, 2.45) is 11.0 Å². The Hall–Kier alpha value is -3.30. The number of carbonyl (C=O) groups excluding carboxylic acids is 1. The van der Waals surface area contributed by atoms with E-state index in [0.717, 1.165) is 17.9 Å². The first kappa shape index (κ1) is 16.1. The molecular formula is C13H12N4O6. The average molecular weight is 320 g/mol. The number of amides is 1. The Bertz CT molecular complexity index is 734. The number of benzene rings is 1. The monoisotopic (exact) mass is 320 g/mol. The van der Waals surface area contributed by atoms with Gasteiger partial charge < -0.3 is 5.11 Å². The standard InChI is InChI=1S/C13H12N4O6/c1-7-2-8(3-7)13(19)15-14-6-9-4-10(16(20)21)5-11(12(9)18)17(22)23/h4-6,8,18H,1-3H2,(H,15,19)/b14-6+. The van der Waals surface area contributed by atoms with Crippen LogP contribution in [0.25, 0.3) is 0 Å². The van der Waals surface area contributed by atoms with Crippen molar-refractivity contribution in [1.82, 2.24) is 5.43 Å². The maximum absolute atomic E-state index is 11.7. The molecule has 1 aliphatic carbocycles. The average Bonchev–Trinajstić information content (AvgIpc) is 2.44. The highest BCUT2D eigenvalue weighted by molar-refractivity contribution is 5.88. The number of hydrogen-bond acceptors (Lipinski definition) is 7. The van der Waals surface area contributed by atoms with Crippen LogP contribution in [-0.4, -0.2) is 27.1 Å². The molecule has 1 aromatic carbocycles. The number of nitrogens with zero attached hydrogens (tertiary/aromatic N) is 3. The fourth-order valence-corrected chi connectivity index (χ4v) is 2.05. The quantitative estimate of drug-likeness (QED) is 0.364. The van der Waals surface area contributed by atoms with E-state index in [1.54, 1.807) is 0 Å². The number of phenols is 1. The molecule has 2 rings (SSSR count). The van der Waals surface area contributed by atoms with Gasteiger partial charge in [0.2, 0.25) is 11.7 Å². The van der Waals surface area contributed by atoms with Crippen molar-refractivity contribution in [3.05, 3.63) is 50.1 Å². The lowest BCUT2D eigenvalue weighted by Crippen LogP contribution is -2.32. The second-order valence-electron chi connectivity index (χ2n) is 5.01. The summed E-state index contributed by atoms with van der Waals surface area (Å²) >= 11 is 0. The summed E-state index contributed by atoms with van der Waals surface area (Å²) in [7, 11) is 0. The van der Waals surface area contributed by atoms with Crippen LogP contribution in [0.2, 0.25) is 0 Å². The van der Waals surface area contributed by atoms with Gasteiger partial charge in [0.1, 0.15) is 0 Å². The Morgan fingerprint density at radius 1 is 1.35 bits per heavy atom. The Labute approximate surface area is 129 Å². The van der Waals surface area contributed by atoms with Gasteiger partial charge in [-0.25, -0.2) is 5.43 Å². The molecule has 10 nitrogen and oxygen atoms in total. The summed E-state index contributed by atoms with van der Waals surface area (Å²) in [4.78, 5) is 31.4. The topological polar surface area (TPSA) is 148 Å². The number of carbonyl (C=O) groups is 1. The van der Waals surface area contributed by atoms with Gasteiger partial charge in [0.05, 0.1) is 27.7 Å². The van der Waals surface area contributed by atoms with Crippen LogP contribution in [0.15, 0.2) is 29.4 Å². The lowest BCUT2D eigenvalue weighted by molar-refractivity contribution is -0.394. The van der Waals surface area contributed by atoms with E-state index in [9.17, 15) is 30.1 Å². The largest absolute Gasteiger partial charge is 0.502 e. The number of non-ortho nitro benzene ring substituents is 1. The molecule has 0 atom stereocenters. The van der Waals surface area contributed by atoms with E-state index in [1.807, 2.05) is 0 Å². The van der Waals surface area contributed by atoms with E-state index in [2.05, 4.69) is 17.1 Å². The number of aromatic hydroxyl groups is 1. The van der Waals surface area contributed by atoms with Crippen LogP contribution in [0.5, 0.6) is 5.75 Å². The van der Waals surface area contributed by atoms with Crippen molar-refractivity contribution in [1.29, 1.82) is 0 Å². The molecule has 0 spiro atoms. The Kier molecular flexibility index (Phi) is 4.35. The summed E-state index contributed by atoms with van der Waals surface area (Å²) in [5, 5.41) is 34.9. The molecule has 0 heterocycles. The zero-order valence-corrected chi connectivity index (χ0v) is 11.8. The van der Waals surface area contributed by atoms with Crippen LogP contribution >= 0.6 is 0 Å². The van der Waals surface area contributed by atoms with E-state index in [-0.39, 0.29) is 17.4 Å². The number of phenolic OH excluding ortho intramolecular Hbond substituents is 1. The molecule has 0 bridgehead atoms. The minimum absolute atomic E-state index is 0.229. The van der Waals surface area contributed by atoms with E-state index >= 15 is 0 Å². The van der Waals surface area contributed by atoms with Gasteiger partial charge in [-0.1, -0.05) is 12.2 Å². The summed E-state index contributed by atoms with van der Waals surface area (Å²) < 4.78 is 0. The van der Waals surface area contributed by atoms with E-state index in [1.165, 1.54) is 0 Å². The summed E-state index contributed by atoms with van der Waals surface area (Å²) in [6, 6.07) is 1.56. The van der Waals surface area contributed by atoms with Crippen molar-refractivity contribution in [3.63, 3.8) is 0 Å². The third-order valence-electron chi connectivity index (χ3n) is 3.33. The number of nitrogens with one attached hydrogen (secondary N) is 1. The molecule has 0 aromatic heterocycles. The van der Waals surface area contributed by atoms with Crippen LogP contribution in [0.3, 0.4) is 0 Å². The number of hydrazone groups is 1. The first-order valence-corrected chi connectivity index (χ1v) is 6.45. The fraction of sp³-hybridized carbons (Fsp3) is 0.231. The first-order chi connectivity index (χ1) is 10.8. The molecule has 0 saturated heterocycles. The fourth-order valence-electron chi connectivity index (χ4n) is 2.05. The minimum atomic E-state index is -0.946. The van der Waals surface area contributed by atoms with Crippen LogP contribution in [0, 0.1) is 26.1 Å². The molecule has 1 saturated carbocycles. The van der Waals surface area contributed by atoms with E-state index in [0.29, 0.717) is 18.9 Å². The highest BCUT2D eigenvalue weighted by atomic mass is 16.6. The molecule has 1 fully saturated rings. The molecule has 0 unspecified atom stereocenters. The van der Waals surface area contributed by atoms with Crippen LogP contribution < -0.4 is 5.43 Å². The smallest absolute Gasteiger partial charge is 0.318 e. The van der Waals surface area contributed by atoms with Gasteiger partial charge >= 0.3 is 5.69 Å². The Morgan fingerprint density at radius 2 is 2.00 bits per heavy atom. The predicted molar refractivity (Wildman–Crippen MR) is 79.0 cm³/mol. The highest BCUT2D eigenvalue weighted by Gasteiger charge is 2.28. The number of rotatable bonds is 5. The van der Waals surface area contributed by atoms with Gasteiger partial charge in [-0.3, -0.25) is 25.0 Å². The zero-order chi connectivity index (χ0) is 17.1. The lowest BCUT2D eigenvalue weighted by atomic mass is 9.81. The van der Waals surface area contributed by atoms with Gasteiger partial charge in [-0.05, 0) is 12.8 Å². The molecule has 1 aromatic rings. The summed E-state index contributed by atoms with van der Waals surface area (Å²) in [5.41, 5.74) is 1.54. The second-order valence-corrected chi connectivity index (χ2v) is 5.01. The molecular weight excluding hydrogens is 308 g/mol. The van der Waals surface area contributed by atoms with E-state index in [4.69, 9.17) is 0 Å². The SMILES string of the molecule is C=C1CC(C(=O)N/N=C/c2cc([N+](=O)[O-])cc([N+](=O)[O-])c2O)C1. The van der Waals surface area contributed by atoms with Crippen molar-refractivity contribution in [2.75, 3.05) is 0 Å². The molecule has 23 heavy (non-hydrogen) atoms. The molecule has 1 aliphatic rings. The minimum Gasteiger partial charge on any atom is -0.502 e. The van der Waals surface area contributed by atoms with Gasteiger partial charge in [-0.2, -0.15) is 5.10 Å².